The first-order valence-corrected chi connectivity index (χ1v) is 20.1. The van der Waals surface area contributed by atoms with Gasteiger partial charge in [0, 0.05) is 0 Å². The Kier molecular flexibility index (Phi) is 8.26. The van der Waals surface area contributed by atoms with Crippen molar-refractivity contribution >= 4 is 43.1 Å². The first-order chi connectivity index (χ1) is 28.8. The second kappa shape index (κ2) is 14.2. The van der Waals surface area contributed by atoms with Gasteiger partial charge in [0.1, 0.15) is 0 Å². The van der Waals surface area contributed by atoms with Crippen molar-refractivity contribution in [1.29, 1.82) is 0 Å². The van der Waals surface area contributed by atoms with Crippen molar-refractivity contribution in [3.63, 3.8) is 0 Å². The van der Waals surface area contributed by atoms with E-state index in [-0.39, 0.29) is 0 Å². The maximum Gasteiger partial charge on any atom is -0.00259 e. The molecule has 0 N–H and O–H groups in total. The Balaban J connectivity index is 1.17. The average Bonchev–Trinajstić information content (AvgIpc) is 3.30. The molecule has 270 valence electrons. The zero-order chi connectivity index (χ0) is 38.4. The van der Waals surface area contributed by atoms with Gasteiger partial charge in [0.05, 0.1) is 0 Å². The molecule has 0 spiro atoms. The molecule has 0 saturated carbocycles. The zero-order valence-corrected chi connectivity index (χ0v) is 31.9. The van der Waals surface area contributed by atoms with Crippen LogP contribution in [0.3, 0.4) is 0 Å². The minimum Gasteiger partial charge on any atom is -0.0622 e. The quantitative estimate of drug-likeness (QED) is 0.149. The third-order valence-corrected chi connectivity index (χ3v) is 11.8. The molecule has 0 heteroatoms. The van der Waals surface area contributed by atoms with Gasteiger partial charge in [0.25, 0.3) is 0 Å². The fourth-order valence-electron chi connectivity index (χ4n) is 9.30. The fourth-order valence-corrected chi connectivity index (χ4v) is 9.30. The summed E-state index contributed by atoms with van der Waals surface area (Å²) in [6.45, 7) is 0. The number of hydrogen-bond donors (Lipinski definition) is 0. The van der Waals surface area contributed by atoms with Gasteiger partial charge < -0.3 is 0 Å². The molecular weight excluding hydrogens is 697 g/mol. The van der Waals surface area contributed by atoms with Crippen LogP contribution in [-0.2, 0) is 0 Å². The molecule has 0 aliphatic rings. The number of fused-ring (bicyclic) bond motifs is 4. The maximum absolute atomic E-state index is 2.41. The molecule has 11 rings (SSSR count). The molecule has 0 atom stereocenters. The summed E-state index contributed by atoms with van der Waals surface area (Å²) in [4.78, 5) is 0. The van der Waals surface area contributed by atoms with E-state index < -0.39 is 0 Å². The molecule has 0 fully saturated rings. The van der Waals surface area contributed by atoms with E-state index in [2.05, 4.69) is 231 Å². The van der Waals surface area contributed by atoms with Crippen LogP contribution in [-0.4, -0.2) is 0 Å². The molecule has 0 aromatic heterocycles. The van der Waals surface area contributed by atoms with E-state index >= 15 is 0 Å². The molecule has 0 bridgehead atoms. The maximum atomic E-state index is 2.41. The lowest BCUT2D eigenvalue weighted by Crippen LogP contribution is -1.93. The summed E-state index contributed by atoms with van der Waals surface area (Å²) in [6, 6.07) is 84.5. The number of hydrogen-bond acceptors (Lipinski definition) is 0. The van der Waals surface area contributed by atoms with Gasteiger partial charge in [-0.05, 0) is 134 Å². The summed E-state index contributed by atoms with van der Waals surface area (Å²) in [5, 5.41) is 10.1. The largest absolute Gasteiger partial charge is 0.0622 e. The molecule has 0 aliphatic heterocycles. The molecule has 0 radical (unpaired) electrons. The van der Waals surface area contributed by atoms with Crippen molar-refractivity contribution in [2.45, 2.75) is 0 Å². The van der Waals surface area contributed by atoms with E-state index in [1.807, 2.05) is 0 Å². The second-order valence-electron chi connectivity index (χ2n) is 15.2. The van der Waals surface area contributed by atoms with Crippen molar-refractivity contribution in [2.24, 2.45) is 0 Å². The Labute approximate surface area is 339 Å². The Hall–Kier alpha value is -7.54. The number of rotatable bonds is 6. The Morgan fingerprint density at radius 2 is 0.379 bits per heavy atom. The van der Waals surface area contributed by atoms with Gasteiger partial charge in [0.15, 0.2) is 0 Å². The van der Waals surface area contributed by atoms with Crippen LogP contribution in [0, 0.1) is 0 Å². The van der Waals surface area contributed by atoms with E-state index in [0.29, 0.717) is 0 Å². The first kappa shape index (κ1) is 33.8. The lowest BCUT2D eigenvalue weighted by molar-refractivity contribution is 1.58. The Morgan fingerprint density at radius 3 is 0.776 bits per heavy atom. The molecule has 0 unspecified atom stereocenters. The van der Waals surface area contributed by atoms with Crippen LogP contribution in [0.15, 0.2) is 231 Å². The molecule has 0 saturated heterocycles. The third-order valence-electron chi connectivity index (χ3n) is 11.8. The van der Waals surface area contributed by atoms with Crippen LogP contribution in [0.4, 0.5) is 0 Å². The molecule has 0 nitrogen and oxygen atoms in total. The van der Waals surface area contributed by atoms with Gasteiger partial charge >= 0.3 is 0 Å². The third kappa shape index (κ3) is 5.69. The van der Waals surface area contributed by atoms with E-state index in [4.69, 9.17) is 0 Å². The van der Waals surface area contributed by atoms with Crippen LogP contribution < -0.4 is 0 Å². The summed E-state index contributed by atoms with van der Waals surface area (Å²) in [7, 11) is 0. The summed E-state index contributed by atoms with van der Waals surface area (Å²) in [5.74, 6) is 0. The molecule has 0 heterocycles. The molecule has 0 amide bonds. The van der Waals surface area contributed by atoms with E-state index in [0.717, 1.165) is 0 Å². The summed E-state index contributed by atoms with van der Waals surface area (Å²) in [5.41, 5.74) is 14.7. The second-order valence-corrected chi connectivity index (χ2v) is 15.2. The number of benzene rings is 11. The van der Waals surface area contributed by atoms with Gasteiger partial charge in [-0.25, -0.2) is 0 Å². The van der Waals surface area contributed by atoms with Crippen molar-refractivity contribution in [1.82, 2.24) is 0 Å². The fraction of sp³-hybridized carbons (Fsp3) is 0. The predicted octanol–water partition coefficient (Wildman–Crippen LogP) is 16.3. The molecule has 0 aliphatic carbocycles. The highest BCUT2D eigenvalue weighted by Crippen LogP contribution is 2.47. The van der Waals surface area contributed by atoms with Crippen LogP contribution in [0.2, 0.25) is 0 Å². The first-order valence-electron chi connectivity index (χ1n) is 20.1. The van der Waals surface area contributed by atoms with Crippen molar-refractivity contribution in [2.75, 3.05) is 0 Å². The lowest BCUT2D eigenvalue weighted by atomic mass is 9.84. The van der Waals surface area contributed by atoms with Crippen molar-refractivity contribution in [3.05, 3.63) is 231 Å². The van der Waals surface area contributed by atoms with E-state index in [1.54, 1.807) is 0 Å². The van der Waals surface area contributed by atoms with Crippen LogP contribution in [0.1, 0.15) is 0 Å². The highest BCUT2D eigenvalue weighted by atomic mass is 14.2. The topological polar surface area (TPSA) is 0 Å². The minimum atomic E-state index is 1.19. The van der Waals surface area contributed by atoms with E-state index in [1.165, 1.54) is 110 Å². The molecule has 58 heavy (non-hydrogen) atoms. The van der Waals surface area contributed by atoms with Gasteiger partial charge in [-0.15, -0.1) is 0 Å². The Morgan fingerprint density at radius 1 is 0.138 bits per heavy atom. The average molecular weight is 735 g/mol. The summed E-state index contributed by atoms with van der Waals surface area (Å²) < 4.78 is 0. The molecule has 11 aromatic rings. The van der Waals surface area contributed by atoms with Crippen molar-refractivity contribution < 1.29 is 0 Å². The van der Waals surface area contributed by atoms with Crippen molar-refractivity contribution in [3.8, 4) is 66.8 Å². The van der Waals surface area contributed by atoms with E-state index in [9.17, 15) is 0 Å². The lowest BCUT2D eigenvalue weighted by Gasteiger charge is -2.20. The van der Waals surface area contributed by atoms with Crippen LogP contribution in [0.25, 0.3) is 110 Å². The minimum absolute atomic E-state index is 1.19. The smallest absolute Gasteiger partial charge is 0.00259 e. The SMILES string of the molecule is c1ccc(-c2cc(-c3cccc(-c4c5ccccc5c(-c5ccccc5)c5ccccc45)c3)cc(-c3c4ccccc4c(-c4ccccc4)c4ccccc34)c2)cc1. The summed E-state index contributed by atoms with van der Waals surface area (Å²) >= 11 is 0. The van der Waals surface area contributed by atoms with Crippen LogP contribution >= 0.6 is 0 Å². The van der Waals surface area contributed by atoms with Crippen LogP contribution in [0.5, 0.6) is 0 Å². The molecule has 11 aromatic carbocycles. The normalized spacial score (nSPS) is 11.4. The monoisotopic (exact) mass is 734 g/mol. The van der Waals surface area contributed by atoms with Gasteiger partial charge in [-0.3, -0.25) is 0 Å². The Bertz CT molecular complexity index is 3190. The van der Waals surface area contributed by atoms with Gasteiger partial charge in [-0.1, -0.05) is 206 Å². The molecular formula is C58H38. The standard InChI is InChI=1S/C58H38/c1-4-19-39(20-5-1)44-36-45(38-46(37-44)58-53-33-16-12-29-49(53)56(41-23-8-3-9-24-41)50-30-13-17-34-54(50)58)42-25-18-26-43(35-42)57-51-31-14-10-27-47(51)55(40-21-6-2-7-22-40)48-28-11-15-32-52(48)57/h1-38H. The van der Waals surface area contributed by atoms with Gasteiger partial charge in [0.2, 0.25) is 0 Å². The van der Waals surface area contributed by atoms with Gasteiger partial charge in [-0.2, -0.15) is 0 Å². The zero-order valence-electron chi connectivity index (χ0n) is 31.9. The summed E-state index contributed by atoms with van der Waals surface area (Å²) in [6.07, 6.45) is 0. The predicted molar refractivity (Wildman–Crippen MR) is 249 cm³/mol. The highest BCUT2D eigenvalue weighted by Gasteiger charge is 2.20. The highest BCUT2D eigenvalue weighted by molar-refractivity contribution is 6.23.